The zero-order valence-corrected chi connectivity index (χ0v) is 15.9. The van der Waals surface area contributed by atoms with Crippen LogP contribution in [0.2, 0.25) is 5.02 Å². The van der Waals surface area contributed by atoms with Crippen molar-refractivity contribution in [2.24, 2.45) is 0 Å². The van der Waals surface area contributed by atoms with Gasteiger partial charge in [-0.2, -0.15) is 0 Å². The number of hydrogen-bond acceptors (Lipinski definition) is 4. The Balaban J connectivity index is 2.00. The van der Waals surface area contributed by atoms with Gasteiger partial charge in [-0.1, -0.05) is 29.3 Å². The molecule has 0 atom stereocenters. The molecule has 0 aromatic heterocycles. The number of carbonyl (C=O) groups is 2. The fourth-order valence-corrected chi connectivity index (χ4v) is 3.61. The van der Waals surface area contributed by atoms with Gasteiger partial charge in [0.05, 0.1) is 21.4 Å². The molecule has 0 fully saturated rings. The molecule has 2 amide bonds. The van der Waals surface area contributed by atoms with Crippen LogP contribution in [0.1, 0.15) is 18.9 Å². The highest BCUT2D eigenvalue weighted by molar-refractivity contribution is 7.91. The molecule has 0 heterocycles. The van der Waals surface area contributed by atoms with Gasteiger partial charge < -0.3 is 10.6 Å². The molecule has 6 nitrogen and oxygen atoms in total. The van der Waals surface area contributed by atoms with E-state index in [-0.39, 0.29) is 23.0 Å². The molecule has 2 aromatic rings. The summed E-state index contributed by atoms with van der Waals surface area (Å²) in [6, 6.07) is 11.1. The molecule has 2 aromatic carbocycles. The van der Waals surface area contributed by atoms with Gasteiger partial charge >= 0.3 is 0 Å². The lowest BCUT2D eigenvalue weighted by Crippen LogP contribution is -2.17. The van der Waals surface area contributed by atoms with Crippen molar-refractivity contribution in [3.63, 3.8) is 0 Å². The Morgan fingerprint density at radius 2 is 1.69 bits per heavy atom. The van der Waals surface area contributed by atoms with E-state index in [1.807, 2.05) is 6.92 Å². The number of amides is 2. The number of halogens is 1. The third kappa shape index (κ3) is 5.57. The molecule has 2 N–H and O–H groups in total. The Labute approximate surface area is 157 Å². The standard InChI is InChI=1S/C18H19ClN2O4S/c1-12-3-6-15(7-4-12)26(24,25)10-9-18(23)21-14-5-8-16(19)17(11-14)20-13(2)22/h3-8,11H,9-10H2,1-2H3,(H,20,22)(H,21,23). The van der Waals surface area contributed by atoms with Crippen LogP contribution in [0.4, 0.5) is 11.4 Å². The molecule has 8 heteroatoms. The van der Waals surface area contributed by atoms with Crippen LogP contribution in [0.25, 0.3) is 0 Å². The molecule has 0 aliphatic rings. The maximum atomic E-state index is 12.3. The number of sulfone groups is 1. The van der Waals surface area contributed by atoms with Crippen molar-refractivity contribution in [1.29, 1.82) is 0 Å². The molecule has 0 radical (unpaired) electrons. The molecule has 0 aliphatic carbocycles. The first-order valence-corrected chi connectivity index (χ1v) is 9.87. The minimum absolute atomic E-state index is 0.186. The second-order valence-electron chi connectivity index (χ2n) is 5.81. The molecule has 138 valence electrons. The first kappa shape index (κ1) is 19.9. The van der Waals surface area contributed by atoms with Gasteiger partial charge in [0.1, 0.15) is 0 Å². The Kier molecular flexibility index (Phi) is 6.39. The lowest BCUT2D eigenvalue weighted by atomic mass is 10.2. The summed E-state index contributed by atoms with van der Waals surface area (Å²) in [5, 5.41) is 5.49. The lowest BCUT2D eigenvalue weighted by molar-refractivity contribution is -0.116. The van der Waals surface area contributed by atoms with Gasteiger partial charge in [0.25, 0.3) is 0 Å². The average molecular weight is 395 g/mol. The molecular weight excluding hydrogens is 376 g/mol. The summed E-state index contributed by atoms with van der Waals surface area (Å²) < 4.78 is 24.6. The number of hydrogen-bond donors (Lipinski definition) is 2. The van der Waals surface area contributed by atoms with Crippen LogP contribution in [0.15, 0.2) is 47.4 Å². The molecule has 26 heavy (non-hydrogen) atoms. The summed E-state index contributed by atoms with van der Waals surface area (Å²) in [6.07, 6.45) is -0.186. The Bertz CT molecular complexity index is 925. The van der Waals surface area contributed by atoms with Crippen LogP contribution < -0.4 is 10.6 Å². The average Bonchev–Trinajstić information content (AvgIpc) is 2.56. The second-order valence-corrected chi connectivity index (χ2v) is 8.32. The van der Waals surface area contributed by atoms with Crippen LogP contribution in [-0.4, -0.2) is 26.0 Å². The normalized spacial score (nSPS) is 11.0. The number of carbonyl (C=O) groups excluding carboxylic acids is 2. The minimum atomic E-state index is -3.53. The first-order valence-electron chi connectivity index (χ1n) is 7.84. The van der Waals surface area contributed by atoms with Crippen LogP contribution in [-0.2, 0) is 19.4 Å². The van der Waals surface area contributed by atoms with E-state index in [0.29, 0.717) is 16.4 Å². The number of rotatable bonds is 6. The number of anilines is 2. The summed E-state index contributed by atoms with van der Waals surface area (Å²) >= 11 is 5.97. The largest absolute Gasteiger partial charge is 0.326 e. The van der Waals surface area contributed by atoms with E-state index >= 15 is 0 Å². The molecule has 2 rings (SSSR count). The van der Waals surface area contributed by atoms with Crippen LogP contribution in [0.5, 0.6) is 0 Å². The maximum Gasteiger partial charge on any atom is 0.225 e. The van der Waals surface area contributed by atoms with Gasteiger partial charge in [-0.3, -0.25) is 9.59 Å². The molecule has 0 spiro atoms. The predicted molar refractivity (Wildman–Crippen MR) is 102 cm³/mol. The van der Waals surface area contributed by atoms with Gasteiger partial charge in [-0.15, -0.1) is 0 Å². The summed E-state index contributed by atoms with van der Waals surface area (Å²) in [7, 11) is -3.53. The third-order valence-corrected chi connectivity index (χ3v) is 5.60. The monoisotopic (exact) mass is 394 g/mol. The van der Waals surface area contributed by atoms with E-state index in [1.165, 1.54) is 31.2 Å². The topological polar surface area (TPSA) is 92.3 Å². The fraction of sp³-hybridized carbons (Fsp3) is 0.222. The number of aryl methyl sites for hydroxylation is 1. The van der Waals surface area contributed by atoms with Crippen molar-refractivity contribution in [3.8, 4) is 0 Å². The molecular formula is C18H19ClN2O4S. The van der Waals surface area contributed by atoms with Crippen molar-refractivity contribution < 1.29 is 18.0 Å². The van der Waals surface area contributed by atoms with Crippen LogP contribution >= 0.6 is 11.6 Å². The van der Waals surface area contributed by atoms with E-state index in [2.05, 4.69) is 10.6 Å². The fourth-order valence-electron chi connectivity index (χ4n) is 2.20. The van der Waals surface area contributed by atoms with Crippen molar-refractivity contribution in [1.82, 2.24) is 0 Å². The van der Waals surface area contributed by atoms with Gasteiger partial charge in [-0.25, -0.2) is 8.42 Å². The quantitative estimate of drug-likeness (QED) is 0.785. The van der Waals surface area contributed by atoms with Crippen LogP contribution in [0.3, 0.4) is 0 Å². The third-order valence-electron chi connectivity index (χ3n) is 3.54. The first-order chi connectivity index (χ1) is 12.2. The van der Waals surface area contributed by atoms with Gasteiger partial charge in [-0.05, 0) is 37.3 Å². The van der Waals surface area contributed by atoms with Gasteiger partial charge in [0, 0.05) is 19.0 Å². The highest BCUT2D eigenvalue weighted by atomic mass is 35.5. The zero-order valence-electron chi connectivity index (χ0n) is 14.4. The maximum absolute atomic E-state index is 12.3. The molecule has 0 saturated carbocycles. The minimum Gasteiger partial charge on any atom is -0.326 e. The Hall–Kier alpha value is -2.38. The summed E-state index contributed by atoms with van der Waals surface area (Å²) in [5.74, 6) is -1.04. The lowest BCUT2D eigenvalue weighted by Gasteiger charge is -2.10. The molecule has 0 saturated heterocycles. The summed E-state index contributed by atoms with van der Waals surface area (Å²) in [6.45, 7) is 3.21. The molecule has 0 aliphatic heterocycles. The summed E-state index contributed by atoms with van der Waals surface area (Å²) in [5.41, 5.74) is 1.74. The SMILES string of the molecule is CC(=O)Nc1cc(NC(=O)CCS(=O)(=O)c2ccc(C)cc2)ccc1Cl. The van der Waals surface area contributed by atoms with Crippen molar-refractivity contribution in [2.45, 2.75) is 25.2 Å². The Morgan fingerprint density at radius 3 is 2.31 bits per heavy atom. The zero-order chi connectivity index (χ0) is 19.3. The van der Waals surface area contributed by atoms with Crippen molar-refractivity contribution >= 4 is 44.6 Å². The van der Waals surface area contributed by atoms with E-state index in [9.17, 15) is 18.0 Å². The van der Waals surface area contributed by atoms with Crippen molar-refractivity contribution in [3.05, 3.63) is 53.1 Å². The number of benzene rings is 2. The highest BCUT2D eigenvalue weighted by Crippen LogP contribution is 2.25. The van der Waals surface area contributed by atoms with Crippen LogP contribution in [0, 0.1) is 6.92 Å². The van der Waals surface area contributed by atoms with E-state index in [4.69, 9.17) is 11.6 Å². The molecule has 0 unspecified atom stereocenters. The van der Waals surface area contributed by atoms with E-state index < -0.39 is 15.7 Å². The van der Waals surface area contributed by atoms with Gasteiger partial charge in [0.2, 0.25) is 11.8 Å². The molecule has 0 bridgehead atoms. The second kappa shape index (κ2) is 8.33. The smallest absolute Gasteiger partial charge is 0.225 e. The van der Waals surface area contributed by atoms with E-state index in [1.54, 1.807) is 18.2 Å². The van der Waals surface area contributed by atoms with Gasteiger partial charge in [0.15, 0.2) is 9.84 Å². The predicted octanol–water partition coefficient (Wildman–Crippen LogP) is 3.41. The Morgan fingerprint density at radius 1 is 1.04 bits per heavy atom. The summed E-state index contributed by atoms with van der Waals surface area (Å²) in [4.78, 5) is 23.4. The van der Waals surface area contributed by atoms with Crippen molar-refractivity contribution in [2.75, 3.05) is 16.4 Å². The number of nitrogens with one attached hydrogen (secondary N) is 2. The highest BCUT2D eigenvalue weighted by Gasteiger charge is 2.16. The van der Waals surface area contributed by atoms with E-state index in [0.717, 1.165) is 5.56 Å².